The molecule has 0 fully saturated rings. The van der Waals surface area contributed by atoms with E-state index in [0.717, 1.165) is 18.2 Å². The second-order valence-electron chi connectivity index (χ2n) is 4.18. The van der Waals surface area contributed by atoms with Crippen molar-refractivity contribution < 1.29 is 17.6 Å². The summed E-state index contributed by atoms with van der Waals surface area (Å²) in [7, 11) is 0. The molecule has 0 aliphatic heterocycles. The first-order valence-electron chi connectivity index (χ1n) is 5.75. The topological polar surface area (TPSA) is 23.8 Å². The maximum atomic E-state index is 13.1. The predicted octanol–water partition coefficient (Wildman–Crippen LogP) is 4.58. The number of alkyl halides is 3. The first-order valence-corrected chi connectivity index (χ1v) is 5.75. The van der Waals surface area contributed by atoms with Gasteiger partial charge in [0.1, 0.15) is 5.82 Å². The Hall–Kier alpha value is -2.35. The molecule has 1 nitrogen and oxygen atoms in total. The lowest BCUT2D eigenvalue weighted by Crippen LogP contribution is -2.09. The Labute approximate surface area is 113 Å². The summed E-state index contributed by atoms with van der Waals surface area (Å²) in [5.74, 6) is -0.528. The van der Waals surface area contributed by atoms with E-state index >= 15 is 0 Å². The lowest BCUT2D eigenvalue weighted by molar-refractivity contribution is -0.137. The summed E-state index contributed by atoms with van der Waals surface area (Å²) in [5, 5.41) is 8.74. The second kappa shape index (κ2) is 5.33. The van der Waals surface area contributed by atoms with Gasteiger partial charge in [0.05, 0.1) is 18.1 Å². The van der Waals surface area contributed by atoms with Crippen molar-refractivity contribution in [1.29, 1.82) is 5.26 Å². The van der Waals surface area contributed by atoms with E-state index in [9.17, 15) is 17.6 Å². The van der Waals surface area contributed by atoms with Gasteiger partial charge in [-0.25, -0.2) is 4.39 Å². The van der Waals surface area contributed by atoms with Crippen molar-refractivity contribution in [2.75, 3.05) is 0 Å². The van der Waals surface area contributed by atoms with Crippen LogP contribution in [0.5, 0.6) is 0 Å². The average molecular weight is 279 g/mol. The van der Waals surface area contributed by atoms with Crippen molar-refractivity contribution in [2.24, 2.45) is 0 Å². The van der Waals surface area contributed by atoms with Gasteiger partial charge >= 0.3 is 6.18 Å². The van der Waals surface area contributed by atoms with Crippen LogP contribution in [0.3, 0.4) is 0 Å². The zero-order valence-corrected chi connectivity index (χ0v) is 10.2. The molecule has 20 heavy (non-hydrogen) atoms. The lowest BCUT2D eigenvalue weighted by Gasteiger charge is -2.16. The zero-order chi connectivity index (χ0) is 14.8. The van der Waals surface area contributed by atoms with Crippen molar-refractivity contribution in [2.45, 2.75) is 12.6 Å². The standard InChI is InChI=1S/C15H9F4N/c16-12-6-4-11(5-7-12)14-10(8-9-20)2-1-3-13(14)15(17,18)19/h1-7H,8H2. The van der Waals surface area contributed by atoms with E-state index in [-0.39, 0.29) is 23.1 Å². The van der Waals surface area contributed by atoms with Gasteiger partial charge in [-0.2, -0.15) is 18.4 Å². The summed E-state index contributed by atoms with van der Waals surface area (Å²) in [6.45, 7) is 0. The molecule has 0 saturated heterocycles. The molecule has 0 saturated carbocycles. The van der Waals surface area contributed by atoms with Crippen LogP contribution in [0.4, 0.5) is 17.6 Å². The third-order valence-electron chi connectivity index (χ3n) is 2.86. The molecule has 0 N–H and O–H groups in total. The Morgan fingerprint density at radius 1 is 1.00 bits per heavy atom. The van der Waals surface area contributed by atoms with Gasteiger partial charge in [0.25, 0.3) is 0 Å². The van der Waals surface area contributed by atoms with Crippen LogP contribution in [-0.2, 0) is 12.6 Å². The number of hydrogen-bond acceptors (Lipinski definition) is 1. The van der Waals surface area contributed by atoms with Gasteiger partial charge in [0, 0.05) is 0 Å². The molecule has 2 rings (SSSR count). The third kappa shape index (κ3) is 2.80. The quantitative estimate of drug-likeness (QED) is 0.738. The van der Waals surface area contributed by atoms with Gasteiger partial charge in [0.15, 0.2) is 0 Å². The van der Waals surface area contributed by atoms with Crippen LogP contribution in [0, 0.1) is 17.1 Å². The molecule has 0 aliphatic carbocycles. The number of hydrogen-bond donors (Lipinski definition) is 0. The van der Waals surface area contributed by atoms with Gasteiger partial charge in [0.2, 0.25) is 0 Å². The van der Waals surface area contributed by atoms with Gasteiger partial charge in [-0.05, 0) is 34.9 Å². The number of rotatable bonds is 2. The van der Waals surface area contributed by atoms with Crippen LogP contribution >= 0.6 is 0 Å². The van der Waals surface area contributed by atoms with E-state index in [4.69, 9.17) is 5.26 Å². The maximum Gasteiger partial charge on any atom is 0.417 e. The smallest absolute Gasteiger partial charge is 0.207 e. The van der Waals surface area contributed by atoms with E-state index in [2.05, 4.69) is 0 Å². The average Bonchev–Trinajstić information content (AvgIpc) is 2.39. The Morgan fingerprint density at radius 2 is 1.65 bits per heavy atom. The molecule has 0 aromatic heterocycles. The molecular weight excluding hydrogens is 270 g/mol. The summed E-state index contributed by atoms with van der Waals surface area (Å²) in [4.78, 5) is 0. The molecule has 0 unspecified atom stereocenters. The van der Waals surface area contributed by atoms with Gasteiger partial charge in [-0.15, -0.1) is 0 Å². The van der Waals surface area contributed by atoms with Crippen LogP contribution in [-0.4, -0.2) is 0 Å². The van der Waals surface area contributed by atoms with Crippen LogP contribution in [0.25, 0.3) is 11.1 Å². The van der Waals surface area contributed by atoms with Crippen molar-refractivity contribution >= 4 is 0 Å². The van der Waals surface area contributed by atoms with Crippen LogP contribution < -0.4 is 0 Å². The third-order valence-corrected chi connectivity index (χ3v) is 2.86. The van der Waals surface area contributed by atoms with Crippen LogP contribution in [0.2, 0.25) is 0 Å². The minimum absolute atomic E-state index is 0.0680. The minimum atomic E-state index is -4.53. The molecule has 0 aliphatic rings. The van der Waals surface area contributed by atoms with E-state index in [1.165, 1.54) is 24.3 Å². The first-order chi connectivity index (χ1) is 9.43. The number of nitrogens with zero attached hydrogens (tertiary/aromatic N) is 1. The van der Waals surface area contributed by atoms with Crippen molar-refractivity contribution in [3.05, 3.63) is 59.4 Å². The highest BCUT2D eigenvalue weighted by atomic mass is 19.4. The summed E-state index contributed by atoms with van der Waals surface area (Å²) >= 11 is 0. The molecule has 0 atom stereocenters. The van der Waals surface area contributed by atoms with Crippen LogP contribution in [0.15, 0.2) is 42.5 Å². The maximum absolute atomic E-state index is 13.1. The summed E-state index contributed by atoms with van der Waals surface area (Å²) in [5.41, 5.74) is -0.378. The van der Waals surface area contributed by atoms with E-state index in [1.54, 1.807) is 0 Å². The Balaban J connectivity index is 2.70. The van der Waals surface area contributed by atoms with Crippen LogP contribution in [0.1, 0.15) is 11.1 Å². The predicted molar refractivity (Wildman–Crippen MR) is 66.2 cm³/mol. The molecule has 0 heterocycles. The SMILES string of the molecule is N#CCc1cccc(C(F)(F)F)c1-c1ccc(F)cc1. The summed E-state index contributed by atoms with van der Waals surface area (Å²) in [6.07, 6.45) is -4.67. The highest BCUT2D eigenvalue weighted by molar-refractivity contribution is 5.72. The molecule has 0 amide bonds. The Morgan fingerprint density at radius 3 is 2.20 bits per heavy atom. The van der Waals surface area contributed by atoms with Gasteiger partial charge < -0.3 is 0 Å². The normalized spacial score (nSPS) is 11.2. The molecule has 102 valence electrons. The molecule has 0 bridgehead atoms. The largest absolute Gasteiger partial charge is 0.417 e. The molecule has 2 aromatic rings. The monoisotopic (exact) mass is 279 g/mol. The van der Waals surface area contributed by atoms with Crippen molar-refractivity contribution in [3.8, 4) is 17.2 Å². The fourth-order valence-corrected chi connectivity index (χ4v) is 2.03. The lowest BCUT2D eigenvalue weighted by atomic mass is 9.92. The highest BCUT2D eigenvalue weighted by Crippen LogP contribution is 2.39. The number of benzene rings is 2. The van der Waals surface area contributed by atoms with E-state index in [1.807, 2.05) is 6.07 Å². The molecule has 0 spiro atoms. The second-order valence-corrected chi connectivity index (χ2v) is 4.18. The fourth-order valence-electron chi connectivity index (χ4n) is 2.03. The first kappa shape index (κ1) is 14.1. The van der Waals surface area contributed by atoms with E-state index < -0.39 is 17.6 Å². The number of halogens is 4. The molecule has 5 heteroatoms. The molecule has 0 radical (unpaired) electrons. The summed E-state index contributed by atoms with van der Waals surface area (Å²) in [6, 6.07) is 10.3. The molecular formula is C15H9F4N. The number of nitriles is 1. The Bertz CT molecular complexity index is 651. The fraction of sp³-hybridized carbons (Fsp3) is 0.133. The summed E-state index contributed by atoms with van der Waals surface area (Å²) < 4.78 is 52.1. The zero-order valence-electron chi connectivity index (χ0n) is 10.2. The van der Waals surface area contributed by atoms with Crippen molar-refractivity contribution in [1.82, 2.24) is 0 Å². The molecule has 2 aromatic carbocycles. The highest BCUT2D eigenvalue weighted by Gasteiger charge is 2.34. The van der Waals surface area contributed by atoms with Gasteiger partial charge in [-0.3, -0.25) is 0 Å². The van der Waals surface area contributed by atoms with Crippen molar-refractivity contribution in [3.63, 3.8) is 0 Å². The Kier molecular flexibility index (Phi) is 3.75. The van der Waals surface area contributed by atoms with E-state index in [0.29, 0.717) is 0 Å². The minimum Gasteiger partial charge on any atom is -0.207 e. The van der Waals surface area contributed by atoms with Gasteiger partial charge in [-0.1, -0.05) is 24.3 Å².